The SMILES string of the molecule is CC(/C=C/C[Si](C)(C)C)CC(=O)c1ccccc1. The minimum atomic E-state index is -1.000. The van der Waals surface area contributed by atoms with Gasteiger partial charge in [0, 0.05) is 20.1 Å². The molecule has 18 heavy (non-hydrogen) atoms. The molecule has 0 radical (unpaired) electrons. The Morgan fingerprint density at radius 2 is 1.83 bits per heavy atom. The molecule has 1 atom stereocenters. The van der Waals surface area contributed by atoms with Crippen LogP contribution in [0.4, 0.5) is 0 Å². The number of allylic oxidation sites excluding steroid dienone is 2. The molecule has 1 rings (SSSR count). The highest BCUT2D eigenvalue weighted by Crippen LogP contribution is 2.14. The Labute approximate surface area is 112 Å². The van der Waals surface area contributed by atoms with Crippen molar-refractivity contribution in [3.05, 3.63) is 48.0 Å². The molecule has 0 N–H and O–H groups in total. The lowest BCUT2D eigenvalue weighted by Gasteiger charge is -2.12. The van der Waals surface area contributed by atoms with E-state index in [1.54, 1.807) is 0 Å². The van der Waals surface area contributed by atoms with Gasteiger partial charge >= 0.3 is 0 Å². The third-order valence-corrected chi connectivity index (χ3v) is 4.26. The van der Waals surface area contributed by atoms with Crippen LogP contribution in [-0.2, 0) is 0 Å². The van der Waals surface area contributed by atoms with Gasteiger partial charge in [0.1, 0.15) is 0 Å². The summed E-state index contributed by atoms with van der Waals surface area (Å²) < 4.78 is 0. The van der Waals surface area contributed by atoms with Crippen molar-refractivity contribution in [3.63, 3.8) is 0 Å². The van der Waals surface area contributed by atoms with Gasteiger partial charge in [-0.05, 0) is 12.0 Å². The standard InChI is InChI=1S/C16H24OSi/c1-14(9-8-12-18(2,3)4)13-16(17)15-10-6-5-7-11-15/h5-11,14H,12-13H2,1-4H3/b9-8+. The molecule has 0 heterocycles. The lowest BCUT2D eigenvalue weighted by molar-refractivity contribution is 0.0972. The zero-order valence-electron chi connectivity index (χ0n) is 11.9. The van der Waals surface area contributed by atoms with Crippen LogP contribution in [0.2, 0.25) is 25.7 Å². The molecule has 1 aromatic carbocycles. The summed E-state index contributed by atoms with van der Waals surface area (Å²) in [5, 5.41) is 0. The van der Waals surface area contributed by atoms with E-state index < -0.39 is 8.07 Å². The molecule has 1 aromatic rings. The molecule has 0 fully saturated rings. The fourth-order valence-corrected chi connectivity index (χ4v) is 2.60. The van der Waals surface area contributed by atoms with E-state index in [4.69, 9.17) is 0 Å². The molecule has 98 valence electrons. The average Bonchev–Trinajstić information content (AvgIpc) is 2.28. The number of hydrogen-bond donors (Lipinski definition) is 0. The van der Waals surface area contributed by atoms with Gasteiger partial charge in [-0.2, -0.15) is 0 Å². The second-order valence-electron chi connectivity index (χ2n) is 6.16. The van der Waals surface area contributed by atoms with E-state index in [0.717, 1.165) is 5.56 Å². The molecule has 0 aliphatic carbocycles. The largest absolute Gasteiger partial charge is 0.294 e. The molecular weight excluding hydrogens is 236 g/mol. The number of Topliss-reactive ketones (excluding diaryl/α,β-unsaturated/α-hetero) is 1. The summed E-state index contributed by atoms with van der Waals surface area (Å²) in [7, 11) is -1.000. The molecule has 0 aromatic heterocycles. The Hall–Kier alpha value is -1.15. The lowest BCUT2D eigenvalue weighted by atomic mass is 9.99. The third kappa shape index (κ3) is 5.96. The summed E-state index contributed by atoms with van der Waals surface area (Å²) in [6.45, 7) is 9.19. The first-order chi connectivity index (χ1) is 8.38. The highest BCUT2D eigenvalue weighted by atomic mass is 28.3. The predicted octanol–water partition coefficient (Wildman–Crippen LogP) is 4.79. The molecule has 2 heteroatoms. The Morgan fingerprint density at radius 3 is 2.39 bits per heavy atom. The van der Waals surface area contributed by atoms with Gasteiger partial charge in [0.05, 0.1) is 0 Å². The van der Waals surface area contributed by atoms with E-state index in [1.165, 1.54) is 6.04 Å². The second kappa shape index (κ2) is 6.69. The van der Waals surface area contributed by atoms with Crippen LogP contribution in [0.5, 0.6) is 0 Å². The summed E-state index contributed by atoms with van der Waals surface area (Å²) in [6, 6.07) is 10.7. The highest BCUT2D eigenvalue weighted by Gasteiger charge is 2.11. The van der Waals surface area contributed by atoms with Crippen LogP contribution in [0, 0.1) is 5.92 Å². The zero-order chi connectivity index (χ0) is 13.6. The molecule has 0 amide bonds. The Kier molecular flexibility index (Phi) is 5.54. The Balaban J connectivity index is 2.46. The van der Waals surface area contributed by atoms with Gasteiger partial charge in [-0.1, -0.05) is 69.0 Å². The van der Waals surface area contributed by atoms with Gasteiger partial charge in [0.15, 0.2) is 5.78 Å². The lowest BCUT2D eigenvalue weighted by Crippen LogP contribution is -2.17. The first kappa shape index (κ1) is 14.9. The molecule has 0 spiro atoms. The second-order valence-corrected chi connectivity index (χ2v) is 11.7. The molecule has 0 bridgehead atoms. The van der Waals surface area contributed by atoms with Crippen LogP contribution in [0.15, 0.2) is 42.5 Å². The van der Waals surface area contributed by atoms with Crippen molar-refractivity contribution >= 4 is 13.9 Å². The van der Waals surface area contributed by atoms with Crippen molar-refractivity contribution < 1.29 is 4.79 Å². The number of carbonyl (C=O) groups excluding carboxylic acids is 1. The fraction of sp³-hybridized carbons (Fsp3) is 0.438. The monoisotopic (exact) mass is 260 g/mol. The third-order valence-electron chi connectivity index (χ3n) is 2.80. The first-order valence-corrected chi connectivity index (χ1v) is 10.3. The average molecular weight is 260 g/mol. The zero-order valence-corrected chi connectivity index (χ0v) is 12.9. The van der Waals surface area contributed by atoms with Gasteiger partial charge < -0.3 is 0 Å². The smallest absolute Gasteiger partial charge is 0.163 e. The van der Waals surface area contributed by atoms with Gasteiger partial charge in [-0.15, -0.1) is 0 Å². The minimum absolute atomic E-state index is 0.237. The number of carbonyl (C=O) groups is 1. The van der Waals surface area contributed by atoms with E-state index in [0.29, 0.717) is 12.3 Å². The topological polar surface area (TPSA) is 17.1 Å². The van der Waals surface area contributed by atoms with Gasteiger partial charge in [-0.25, -0.2) is 0 Å². The molecule has 0 saturated heterocycles. The molecule has 0 aliphatic rings. The van der Waals surface area contributed by atoms with E-state index >= 15 is 0 Å². The summed E-state index contributed by atoms with van der Waals surface area (Å²) >= 11 is 0. The van der Waals surface area contributed by atoms with Crippen LogP contribution in [0.1, 0.15) is 23.7 Å². The van der Waals surface area contributed by atoms with Crippen molar-refractivity contribution in [1.29, 1.82) is 0 Å². The predicted molar refractivity (Wildman–Crippen MR) is 81.8 cm³/mol. The van der Waals surface area contributed by atoms with Gasteiger partial charge in [-0.3, -0.25) is 4.79 Å². The number of ketones is 1. The Morgan fingerprint density at radius 1 is 1.22 bits per heavy atom. The highest BCUT2D eigenvalue weighted by molar-refractivity contribution is 6.76. The van der Waals surface area contributed by atoms with Crippen LogP contribution in [0.3, 0.4) is 0 Å². The first-order valence-electron chi connectivity index (χ1n) is 6.63. The maximum atomic E-state index is 12.0. The van der Waals surface area contributed by atoms with E-state index in [9.17, 15) is 4.79 Å². The van der Waals surface area contributed by atoms with Gasteiger partial charge in [0.25, 0.3) is 0 Å². The van der Waals surface area contributed by atoms with Crippen molar-refractivity contribution in [1.82, 2.24) is 0 Å². The van der Waals surface area contributed by atoms with Gasteiger partial charge in [0.2, 0.25) is 0 Å². The number of hydrogen-bond acceptors (Lipinski definition) is 1. The van der Waals surface area contributed by atoms with Crippen molar-refractivity contribution in [2.24, 2.45) is 5.92 Å². The Bertz CT molecular complexity index is 401. The summed E-state index contributed by atoms with van der Waals surface area (Å²) in [5.74, 6) is 0.565. The van der Waals surface area contributed by atoms with Crippen molar-refractivity contribution in [2.45, 2.75) is 39.0 Å². The minimum Gasteiger partial charge on any atom is -0.294 e. The van der Waals surface area contributed by atoms with Crippen LogP contribution >= 0.6 is 0 Å². The molecule has 0 aliphatic heterocycles. The van der Waals surface area contributed by atoms with E-state index in [-0.39, 0.29) is 5.78 Å². The van der Waals surface area contributed by atoms with Crippen LogP contribution in [0.25, 0.3) is 0 Å². The van der Waals surface area contributed by atoms with E-state index in [1.807, 2.05) is 30.3 Å². The normalized spacial score (nSPS) is 13.8. The quantitative estimate of drug-likeness (QED) is 0.408. The maximum Gasteiger partial charge on any atom is 0.163 e. The number of benzene rings is 1. The molecule has 1 nitrogen and oxygen atoms in total. The summed E-state index contributed by atoms with van der Waals surface area (Å²) in [5.41, 5.74) is 0.822. The summed E-state index contributed by atoms with van der Waals surface area (Å²) in [4.78, 5) is 12.0. The molecule has 0 saturated carbocycles. The molecule has 1 unspecified atom stereocenters. The van der Waals surface area contributed by atoms with Crippen LogP contribution in [-0.4, -0.2) is 13.9 Å². The van der Waals surface area contributed by atoms with Crippen molar-refractivity contribution in [3.8, 4) is 0 Å². The fourth-order valence-electron chi connectivity index (χ4n) is 1.76. The van der Waals surface area contributed by atoms with Crippen molar-refractivity contribution in [2.75, 3.05) is 0 Å². The number of rotatable bonds is 6. The van der Waals surface area contributed by atoms with Crippen LogP contribution < -0.4 is 0 Å². The maximum absolute atomic E-state index is 12.0. The summed E-state index contributed by atoms with van der Waals surface area (Å²) in [6.07, 6.45) is 5.06. The molecular formula is C16H24OSi. The van der Waals surface area contributed by atoms with E-state index in [2.05, 4.69) is 38.7 Å².